The first kappa shape index (κ1) is 3.94. The summed E-state index contributed by atoms with van der Waals surface area (Å²) < 4.78 is 0. The fourth-order valence-electron chi connectivity index (χ4n) is 1.93. The first-order valence-electron chi connectivity index (χ1n) is 3.28. The monoisotopic (exact) mass is 95.1 g/mol. The van der Waals surface area contributed by atoms with Gasteiger partial charge in [0.25, 0.3) is 0 Å². The van der Waals surface area contributed by atoms with E-state index in [0.29, 0.717) is 0 Å². The molecule has 0 aromatic rings. The largest absolute Gasteiger partial charge is 0.0502 e. The molecule has 2 saturated carbocycles. The molecule has 0 heterocycles. The van der Waals surface area contributed by atoms with Crippen LogP contribution >= 0.6 is 0 Å². The Labute approximate surface area is 44.9 Å². The normalized spacial score (nSPS) is 48.0. The van der Waals surface area contributed by atoms with Crippen LogP contribution in [0.4, 0.5) is 0 Å². The molecule has 7 heavy (non-hydrogen) atoms. The third-order valence-corrected chi connectivity index (χ3v) is 2.38. The van der Waals surface area contributed by atoms with E-state index in [-0.39, 0.29) is 0 Å². The molecule has 2 aliphatic rings. The first-order valence-corrected chi connectivity index (χ1v) is 3.28. The summed E-state index contributed by atoms with van der Waals surface area (Å²) in [5.74, 6) is 2.16. The fourth-order valence-corrected chi connectivity index (χ4v) is 1.93. The van der Waals surface area contributed by atoms with Gasteiger partial charge < -0.3 is 0 Å². The van der Waals surface area contributed by atoms with Crippen molar-refractivity contribution in [3.63, 3.8) is 0 Å². The van der Waals surface area contributed by atoms with Crippen molar-refractivity contribution in [2.24, 2.45) is 11.8 Å². The van der Waals surface area contributed by atoms with Crippen LogP contribution in [0.1, 0.15) is 25.7 Å². The number of fused-ring (bicyclic) bond motifs is 2. The smallest absolute Gasteiger partial charge is 0.0352 e. The van der Waals surface area contributed by atoms with Crippen LogP contribution in [0.15, 0.2) is 0 Å². The van der Waals surface area contributed by atoms with Crippen LogP contribution in [0.3, 0.4) is 0 Å². The Balaban J connectivity index is 2.12. The second kappa shape index (κ2) is 1.24. The average molecular weight is 95.2 g/mol. The summed E-state index contributed by atoms with van der Waals surface area (Å²) in [5, 5.41) is 0. The van der Waals surface area contributed by atoms with E-state index in [0.717, 1.165) is 11.8 Å². The highest BCUT2D eigenvalue weighted by molar-refractivity contribution is 4.94. The van der Waals surface area contributed by atoms with Crippen molar-refractivity contribution in [2.45, 2.75) is 25.7 Å². The molecule has 0 aliphatic heterocycles. The number of rotatable bonds is 0. The molecular weight excluding hydrogens is 84.1 g/mol. The van der Waals surface area contributed by atoms with Gasteiger partial charge in [-0.15, -0.1) is 0 Å². The van der Waals surface area contributed by atoms with Crippen LogP contribution in [0.5, 0.6) is 0 Å². The second-order valence-electron chi connectivity index (χ2n) is 2.91. The van der Waals surface area contributed by atoms with Crippen LogP contribution in [-0.2, 0) is 0 Å². The van der Waals surface area contributed by atoms with Gasteiger partial charge in [-0.3, -0.25) is 0 Å². The van der Waals surface area contributed by atoms with E-state index < -0.39 is 0 Å². The third-order valence-electron chi connectivity index (χ3n) is 2.38. The SMILES string of the molecule is [CH]1C[C@H]2CCC1C2. The van der Waals surface area contributed by atoms with E-state index in [1.54, 1.807) is 0 Å². The zero-order valence-electron chi connectivity index (χ0n) is 4.56. The lowest BCUT2D eigenvalue weighted by Gasteiger charge is -2.04. The van der Waals surface area contributed by atoms with Gasteiger partial charge in [0.05, 0.1) is 0 Å². The molecule has 2 atom stereocenters. The van der Waals surface area contributed by atoms with Gasteiger partial charge >= 0.3 is 0 Å². The minimum Gasteiger partial charge on any atom is -0.0502 e. The molecule has 2 rings (SSSR count). The van der Waals surface area contributed by atoms with Gasteiger partial charge in [-0.2, -0.15) is 0 Å². The highest BCUT2D eigenvalue weighted by Crippen LogP contribution is 2.43. The van der Waals surface area contributed by atoms with Crippen LogP contribution in [0.2, 0.25) is 0 Å². The molecule has 0 amide bonds. The van der Waals surface area contributed by atoms with Crippen LogP contribution < -0.4 is 0 Å². The van der Waals surface area contributed by atoms with Crippen molar-refractivity contribution in [3.05, 3.63) is 6.42 Å². The van der Waals surface area contributed by atoms with E-state index in [9.17, 15) is 0 Å². The van der Waals surface area contributed by atoms with Gasteiger partial charge in [0, 0.05) is 0 Å². The lowest BCUT2D eigenvalue weighted by molar-refractivity contribution is 0.557. The molecule has 0 spiro atoms. The number of hydrogen-bond donors (Lipinski definition) is 0. The van der Waals surface area contributed by atoms with Gasteiger partial charge in [-0.25, -0.2) is 0 Å². The Kier molecular flexibility index (Phi) is 0.697. The Morgan fingerprint density at radius 1 is 1.29 bits per heavy atom. The van der Waals surface area contributed by atoms with Crippen LogP contribution in [0, 0.1) is 18.3 Å². The molecule has 0 aromatic carbocycles. The van der Waals surface area contributed by atoms with Crippen LogP contribution in [0.25, 0.3) is 0 Å². The van der Waals surface area contributed by atoms with Gasteiger partial charge in [0.2, 0.25) is 0 Å². The van der Waals surface area contributed by atoms with E-state index in [1.807, 2.05) is 0 Å². The van der Waals surface area contributed by atoms with Gasteiger partial charge in [-0.05, 0) is 37.5 Å². The third kappa shape index (κ3) is 0.490. The molecule has 1 unspecified atom stereocenters. The molecule has 0 nitrogen and oxygen atoms in total. The Hall–Kier alpha value is 0. The molecule has 2 bridgehead atoms. The molecular formula is C7H11. The summed E-state index contributed by atoms with van der Waals surface area (Å²) in [4.78, 5) is 0. The van der Waals surface area contributed by atoms with Crippen molar-refractivity contribution in [1.82, 2.24) is 0 Å². The van der Waals surface area contributed by atoms with Crippen molar-refractivity contribution in [3.8, 4) is 0 Å². The Bertz CT molecular complexity index is 58.1. The summed E-state index contributed by atoms with van der Waals surface area (Å²) in [6, 6.07) is 0. The quantitative estimate of drug-likeness (QED) is 0.431. The number of hydrogen-bond acceptors (Lipinski definition) is 0. The van der Waals surface area contributed by atoms with E-state index in [2.05, 4.69) is 6.42 Å². The summed E-state index contributed by atoms with van der Waals surface area (Å²) >= 11 is 0. The zero-order valence-corrected chi connectivity index (χ0v) is 4.56. The van der Waals surface area contributed by atoms with E-state index >= 15 is 0 Å². The topological polar surface area (TPSA) is 0 Å². The lowest BCUT2D eigenvalue weighted by atomic mass is 10.0. The van der Waals surface area contributed by atoms with Crippen LogP contribution in [-0.4, -0.2) is 0 Å². The predicted octanol–water partition coefficient (Wildman–Crippen LogP) is 2.01. The minimum atomic E-state index is 1.05. The van der Waals surface area contributed by atoms with Crippen molar-refractivity contribution in [1.29, 1.82) is 0 Å². The summed E-state index contributed by atoms with van der Waals surface area (Å²) in [7, 11) is 0. The Morgan fingerprint density at radius 2 is 2.29 bits per heavy atom. The van der Waals surface area contributed by atoms with Crippen molar-refractivity contribution < 1.29 is 0 Å². The first-order chi connectivity index (χ1) is 3.45. The fraction of sp³-hybridized carbons (Fsp3) is 0.857. The summed E-state index contributed by atoms with van der Waals surface area (Å²) in [5.41, 5.74) is 0. The maximum absolute atomic E-state index is 2.51. The molecule has 2 fully saturated rings. The second-order valence-corrected chi connectivity index (χ2v) is 2.91. The molecule has 1 radical (unpaired) electrons. The molecule has 39 valence electrons. The maximum atomic E-state index is 2.51. The standard InChI is InChI=1S/C7H11/c1-2-7-4-3-6(1)5-7/h1,6-7H,2-5H2/t6?,7-/m0/s1. The van der Waals surface area contributed by atoms with E-state index in [4.69, 9.17) is 0 Å². The molecule has 0 saturated heterocycles. The summed E-state index contributed by atoms with van der Waals surface area (Å²) in [6.45, 7) is 0. The highest BCUT2D eigenvalue weighted by Gasteiger charge is 2.30. The maximum Gasteiger partial charge on any atom is -0.0352 e. The zero-order chi connectivity index (χ0) is 4.69. The average Bonchev–Trinajstić information content (AvgIpc) is 2.22. The summed E-state index contributed by atoms with van der Waals surface area (Å²) in [6.07, 6.45) is 8.50. The highest BCUT2D eigenvalue weighted by atomic mass is 14.4. The van der Waals surface area contributed by atoms with Gasteiger partial charge in [0.1, 0.15) is 0 Å². The molecule has 0 heteroatoms. The predicted molar refractivity (Wildman–Crippen MR) is 29.7 cm³/mol. The van der Waals surface area contributed by atoms with E-state index in [1.165, 1.54) is 25.7 Å². The lowest BCUT2D eigenvalue weighted by Crippen LogP contribution is -1.92. The minimum absolute atomic E-state index is 1.05. The molecule has 2 aliphatic carbocycles. The molecule has 0 aromatic heterocycles. The van der Waals surface area contributed by atoms with Gasteiger partial charge in [-0.1, -0.05) is 6.42 Å². The molecule has 0 N–H and O–H groups in total. The van der Waals surface area contributed by atoms with Crippen molar-refractivity contribution >= 4 is 0 Å². The van der Waals surface area contributed by atoms with Crippen molar-refractivity contribution in [2.75, 3.05) is 0 Å². The Morgan fingerprint density at radius 3 is 2.43 bits per heavy atom. The van der Waals surface area contributed by atoms with Gasteiger partial charge in [0.15, 0.2) is 0 Å².